The Balaban J connectivity index is 3.54. The fourth-order valence-electron chi connectivity index (χ4n) is 0. The average molecular weight is 120 g/mol. The summed E-state index contributed by atoms with van der Waals surface area (Å²) in [4.78, 5) is 0. The summed E-state index contributed by atoms with van der Waals surface area (Å²) in [7, 11) is -1.40. The minimum Gasteiger partial charge on any atom is -0.252 e. The predicted octanol–water partition coefficient (Wildman–Crippen LogP) is 2.22. The molecule has 0 aromatic heterocycles. The lowest BCUT2D eigenvalue weighted by atomic mass is 10.9. The Morgan fingerprint density at radius 2 is 1.43 bits per heavy atom. The third-order valence-corrected chi connectivity index (χ3v) is 3.58. The zero-order valence-corrected chi connectivity index (χ0v) is 6.46. The molecule has 0 spiro atoms. The van der Waals surface area contributed by atoms with Crippen molar-refractivity contribution in [3.63, 3.8) is 0 Å². The van der Waals surface area contributed by atoms with Crippen LogP contribution in [-0.2, 0) is 0 Å². The molecule has 0 aliphatic rings. The minimum absolute atomic E-state index is 0.563. The average Bonchev–Trinajstić information content (AvgIpc) is 1.31. The molecular weight excluding hydrogens is 107 g/mol. The van der Waals surface area contributed by atoms with Gasteiger partial charge in [0.05, 0.1) is 13.9 Å². The van der Waals surface area contributed by atoms with Crippen LogP contribution in [0.2, 0.25) is 19.6 Å². The monoisotopic (exact) mass is 120 g/mol. The second-order valence-electron chi connectivity index (χ2n) is 2.98. The molecule has 0 radical (unpaired) electrons. The molecule has 0 nitrogen and oxygen atoms in total. The first kappa shape index (κ1) is 7.15. The van der Waals surface area contributed by atoms with Crippen LogP contribution in [-0.4, -0.2) is 13.9 Å². The summed E-state index contributed by atoms with van der Waals surface area (Å²) in [5.41, 5.74) is 0. The molecule has 1 unspecified atom stereocenters. The third-order valence-electron chi connectivity index (χ3n) is 1.19. The van der Waals surface area contributed by atoms with Gasteiger partial charge in [-0.05, 0) is 6.92 Å². The van der Waals surface area contributed by atoms with Gasteiger partial charge in [-0.3, -0.25) is 4.39 Å². The lowest BCUT2D eigenvalue weighted by Crippen LogP contribution is -2.31. The molecule has 2 heteroatoms. The Kier molecular flexibility index (Phi) is 1.99. The number of alkyl halides is 1. The molecule has 0 aliphatic heterocycles. The number of halogens is 1. The van der Waals surface area contributed by atoms with E-state index in [9.17, 15) is 4.39 Å². The van der Waals surface area contributed by atoms with Crippen molar-refractivity contribution in [1.29, 1.82) is 0 Å². The van der Waals surface area contributed by atoms with E-state index in [4.69, 9.17) is 0 Å². The van der Waals surface area contributed by atoms with Gasteiger partial charge in [0.25, 0.3) is 0 Å². The van der Waals surface area contributed by atoms with Crippen LogP contribution in [0.3, 0.4) is 0 Å². The molecule has 0 bridgehead atoms. The fourth-order valence-corrected chi connectivity index (χ4v) is 0. The van der Waals surface area contributed by atoms with E-state index >= 15 is 0 Å². The van der Waals surface area contributed by atoms with E-state index in [0.717, 1.165) is 0 Å². The number of hydrogen-bond acceptors (Lipinski definition) is 0. The standard InChI is InChI=1S/C5H13FSi/c1-5(6)7(2,3)4/h5H,1-4H3. The molecule has 0 rings (SSSR count). The Hall–Kier alpha value is 0.147. The highest BCUT2D eigenvalue weighted by molar-refractivity contribution is 6.77. The molecule has 0 amide bonds. The van der Waals surface area contributed by atoms with E-state index in [-0.39, 0.29) is 0 Å². The summed E-state index contributed by atoms with van der Waals surface area (Å²) in [5, 5.41) is 0. The van der Waals surface area contributed by atoms with Gasteiger partial charge in [-0.25, -0.2) is 0 Å². The van der Waals surface area contributed by atoms with E-state index < -0.39 is 13.9 Å². The normalized spacial score (nSPS) is 16.7. The third kappa shape index (κ3) is 2.80. The zero-order chi connectivity index (χ0) is 6.08. The first-order chi connectivity index (χ1) is 2.94. The Morgan fingerprint density at radius 1 is 1.29 bits per heavy atom. The molecule has 7 heavy (non-hydrogen) atoms. The molecular formula is C5H13FSi. The van der Waals surface area contributed by atoms with Gasteiger partial charge in [0.2, 0.25) is 0 Å². The van der Waals surface area contributed by atoms with E-state index in [2.05, 4.69) is 0 Å². The van der Waals surface area contributed by atoms with Gasteiger partial charge in [0.1, 0.15) is 0 Å². The van der Waals surface area contributed by atoms with Crippen LogP contribution < -0.4 is 0 Å². The molecule has 0 N–H and O–H groups in total. The van der Waals surface area contributed by atoms with Gasteiger partial charge in [-0.15, -0.1) is 0 Å². The summed E-state index contributed by atoms with van der Waals surface area (Å²) in [6.07, 6.45) is 0. The second-order valence-corrected chi connectivity index (χ2v) is 8.51. The zero-order valence-electron chi connectivity index (χ0n) is 5.46. The van der Waals surface area contributed by atoms with Crippen LogP contribution in [0.1, 0.15) is 6.92 Å². The quantitative estimate of drug-likeness (QED) is 0.465. The Bertz CT molecular complexity index is 53.6. The van der Waals surface area contributed by atoms with Crippen LogP contribution in [0.4, 0.5) is 4.39 Å². The molecule has 0 saturated heterocycles. The first-order valence-electron chi connectivity index (χ1n) is 2.58. The summed E-state index contributed by atoms with van der Waals surface area (Å²) in [5.74, 6) is -0.563. The van der Waals surface area contributed by atoms with Gasteiger partial charge < -0.3 is 0 Å². The van der Waals surface area contributed by atoms with Crippen molar-refractivity contribution >= 4 is 8.07 Å². The largest absolute Gasteiger partial charge is 0.252 e. The topological polar surface area (TPSA) is 0 Å². The van der Waals surface area contributed by atoms with Crippen LogP contribution >= 0.6 is 0 Å². The predicted molar refractivity (Wildman–Crippen MR) is 33.9 cm³/mol. The van der Waals surface area contributed by atoms with Crippen molar-refractivity contribution in [3.05, 3.63) is 0 Å². The molecule has 0 fully saturated rings. The first-order valence-corrected chi connectivity index (χ1v) is 6.16. The van der Waals surface area contributed by atoms with Crippen LogP contribution in [0.25, 0.3) is 0 Å². The van der Waals surface area contributed by atoms with Crippen LogP contribution in [0.5, 0.6) is 0 Å². The van der Waals surface area contributed by atoms with Crippen molar-refractivity contribution in [2.24, 2.45) is 0 Å². The van der Waals surface area contributed by atoms with E-state index in [0.29, 0.717) is 0 Å². The lowest BCUT2D eigenvalue weighted by molar-refractivity contribution is 0.457. The molecule has 0 saturated carbocycles. The van der Waals surface area contributed by atoms with E-state index in [1.165, 1.54) is 0 Å². The highest BCUT2D eigenvalue weighted by Gasteiger charge is 2.20. The molecule has 0 aliphatic carbocycles. The van der Waals surface area contributed by atoms with Gasteiger partial charge in [0, 0.05) is 0 Å². The van der Waals surface area contributed by atoms with Gasteiger partial charge in [0.15, 0.2) is 0 Å². The molecule has 0 aromatic carbocycles. The molecule has 44 valence electrons. The van der Waals surface area contributed by atoms with E-state index in [1.54, 1.807) is 6.92 Å². The smallest absolute Gasteiger partial charge is 0.0866 e. The Morgan fingerprint density at radius 3 is 1.43 bits per heavy atom. The minimum atomic E-state index is -1.40. The van der Waals surface area contributed by atoms with Crippen molar-refractivity contribution in [1.82, 2.24) is 0 Å². The summed E-state index contributed by atoms with van der Waals surface area (Å²) < 4.78 is 12.3. The maximum Gasteiger partial charge on any atom is 0.0866 e. The molecule has 0 heterocycles. The second kappa shape index (κ2) is 1.95. The molecule has 0 aromatic rings. The van der Waals surface area contributed by atoms with Crippen molar-refractivity contribution in [2.75, 3.05) is 0 Å². The molecule has 1 atom stereocenters. The van der Waals surface area contributed by atoms with Crippen LogP contribution in [0.15, 0.2) is 0 Å². The summed E-state index contributed by atoms with van der Waals surface area (Å²) in [6.45, 7) is 7.72. The lowest BCUT2D eigenvalue weighted by Gasteiger charge is -2.15. The number of hydrogen-bond donors (Lipinski definition) is 0. The SMILES string of the molecule is CC(F)[Si](C)(C)C. The highest BCUT2D eigenvalue weighted by Crippen LogP contribution is 2.08. The van der Waals surface area contributed by atoms with E-state index in [1.807, 2.05) is 19.6 Å². The number of rotatable bonds is 1. The van der Waals surface area contributed by atoms with Gasteiger partial charge in [-0.2, -0.15) is 0 Å². The van der Waals surface area contributed by atoms with Crippen molar-refractivity contribution in [3.8, 4) is 0 Å². The highest BCUT2D eigenvalue weighted by atomic mass is 28.3. The Labute approximate surface area is 45.7 Å². The van der Waals surface area contributed by atoms with Gasteiger partial charge in [-0.1, -0.05) is 19.6 Å². The fraction of sp³-hybridized carbons (Fsp3) is 1.00. The summed E-state index contributed by atoms with van der Waals surface area (Å²) >= 11 is 0. The van der Waals surface area contributed by atoms with Crippen LogP contribution in [0, 0.1) is 0 Å². The summed E-state index contributed by atoms with van der Waals surface area (Å²) in [6, 6.07) is 0. The maximum absolute atomic E-state index is 12.3. The maximum atomic E-state index is 12.3. The van der Waals surface area contributed by atoms with Crippen molar-refractivity contribution in [2.45, 2.75) is 32.4 Å². The van der Waals surface area contributed by atoms with Gasteiger partial charge >= 0.3 is 0 Å². The van der Waals surface area contributed by atoms with Crippen molar-refractivity contribution < 1.29 is 4.39 Å².